The van der Waals surface area contributed by atoms with E-state index in [-0.39, 0.29) is 10.9 Å². The molecule has 5 heteroatoms. The molecule has 4 nitrogen and oxygen atoms in total. The van der Waals surface area contributed by atoms with E-state index in [9.17, 15) is 8.42 Å². The van der Waals surface area contributed by atoms with Gasteiger partial charge >= 0.3 is 0 Å². The monoisotopic (exact) mass is 282 g/mol. The van der Waals surface area contributed by atoms with Crippen molar-refractivity contribution in [1.82, 2.24) is 5.32 Å². The topological polar surface area (TPSA) is 72.2 Å². The Labute approximate surface area is 115 Å². The first kappa shape index (κ1) is 14.5. The summed E-state index contributed by atoms with van der Waals surface area (Å²) >= 11 is 0. The molecule has 1 fully saturated rings. The molecular formula is C14H22N2O2S. The van der Waals surface area contributed by atoms with Gasteiger partial charge in [0.05, 0.1) is 4.90 Å². The van der Waals surface area contributed by atoms with Crippen molar-refractivity contribution in [1.29, 1.82) is 0 Å². The molecule has 3 N–H and O–H groups in total. The number of nitrogens with one attached hydrogen (secondary N) is 1. The van der Waals surface area contributed by atoms with Gasteiger partial charge in [0.2, 0.25) is 10.0 Å². The summed E-state index contributed by atoms with van der Waals surface area (Å²) in [5, 5.41) is 8.65. The van der Waals surface area contributed by atoms with Crippen LogP contribution in [0.5, 0.6) is 0 Å². The van der Waals surface area contributed by atoms with Crippen molar-refractivity contribution in [3.05, 3.63) is 29.8 Å². The SMILES string of the molecule is CCC1(CNC(C)c2cccc(S(N)(=O)=O)c2)CC1. The molecule has 1 aliphatic carbocycles. The van der Waals surface area contributed by atoms with E-state index < -0.39 is 10.0 Å². The molecule has 1 unspecified atom stereocenters. The highest BCUT2D eigenvalue weighted by Crippen LogP contribution is 2.48. The van der Waals surface area contributed by atoms with Crippen LogP contribution in [0.15, 0.2) is 29.2 Å². The Bertz CT molecular complexity index is 550. The smallest absolute Gasteiger partial charge is 0.238 e. The van der Waals surface area contributed by atoms with Crippen molar-refractivity contribution in [3.63, 3.8) is 0 Å². The zero-order valence-corrected chi connectivity index (χ0v) is 12.3. The maximum absolute atomic E-state index is 11.3. The van der Waals surface area contributed by atoms with Crippen LogP contribution in [-0.4, -0.2) is 15.0 Å². The minimum atomic E-state index is -3.62. The molecule has 0 heterocycles. The number of benzene rings is 1. The normalized spacial score (nSPS) is 19.1. The third-order valence-electron chi connectivity index (χ3n) is 4.18. The minimum Gasteiger partial charge on any atom is -0.310 e. The second kappa shape index (κ2) is 5.23. The van der Waals surface area contributed by atoms with E-state index in [4.69, 9.17) is 5.14 Å². The number of sulfonamides is 1. The van der Waals surface area contributed by atoms with Gasteiger partial charge in [-0.3, -0.25) is 0 Å². The summed E-state index contributed by atoms with van der Waals surface area (Å²) in [7, 11) is -3.62. The van der Waals surface area contributed by atoms with Gasteiger partial charge in [0.15, 0.2) is 0 Å². The molecule has 0 spiro atoms. The summed E-state index contributed by atoms with van der Waals surface area (Å²) in [6.07, 6.45) is 3.78. The molecule has 2 rings (SSSR count). The van der Waals surface area contributed by atoms with Crippen LogP contribution in [0.2, 0.25) is 0 Å². The van der Waals surface area contributed by atoms with Crippen LogP contribution in [0.1, 0.15) is 44.7 Å². The quantitative estimate of drug-likeness (QED) is 0.840. The summed E-state index contributed by atoms with van der Waals surface area (Å²) in [5.41, 5.74) is 1.43. The average molecular weight is 282 g/mol. The van der Waals surface area contributed by atoms with E-state index in [2.05, 4.69) is 12.2 Å². The molecule has 1 aromatic carbocycles. The van der Waals surface area contributed by atoms with E-state index in [0.717, 1.165) is 12.1 Å². The molecule has 0 amide bonds. The fourth-order valence-electron chi connectivity index (χ4n) is 2.28. The highest BCUT2D eigenvalue weighted by atomic mass is 32.2. The van der Waals surface area contributed by atoms with E-state index in [1.165, 1.54) is 25.3 Å². The summed E-state index contributed by atoms with van der Waals surface area (Å²) in [4.78, 5) is 0.176. The van der Waals surface area contributed by atoms with Gasteiger partial charge in [-0.2, -0.15) is 0 Å². The van der Waals surface area contributed by atoms with Crippen LogP contribution in [0.4, 0.5) is 0 Å². The van der Waals surface area contributed by atoms with Crippen LogP contribution < -0.4 is 10.5 Å². The van der Waals surface area contributed by atoms with Crippen LogP contribution >= 0.6 is 0 Å². The number of hydrogen-bond acceptors (Lipinski definition) is 3. The molecule has 0 aliphatic heterocycles. The lowest BCUT2D eigenvalue weighted by molar-refractivity contribution is 0.415. The van der Waals surface area contributed by atoms with Crippen molar-refractivity contribution < 1.29 is 8.42 Å². The van der Waals surface area contributed by atoms with Gasteiger partial charge in [-0.15, -0.1) is 0 Å². The first-order valence-electron chi connectivity index (χ1n) is 6.72. The van der Waals surface area contributed by atoms with Gasteiger partial charge in [-0.25, -0.2) is 13.6 Å². The lowest BCUT2D eigenvalue weighted by Gasteiger charge is -2.19. The maximum atomic E-state index is 11.3. The lowest BCUT2D eigenvalue weighted by atomic mass is 10.0. The highest BCUT2D eigenvalue weighted by Gasteiger charge is 2.40. The third-order valence-corrected chi connectivity index (χ3v) is 5.09. The molecule has 0 aromatic heterocycles. The van der Waals surface area contributed by atoms with Gasteiger partial charge in [0.1, 0.15) is 0 Å². The Morgan fingerprint density at radius 1 is 1.42 bits per heavy atom. The van der Waals surface area contributed by atoms with Crippen molar-refractivity contribution >= 4 is 10.0 Å². The van der Waals surface area contributed by atoms with E-state index >= 15 is 0 Å². The molecule has 1 saturated carbocycles. The Morgan fingerprint density at radius 3 is 2.63 bits per heavy atom. The fraction of sp³-hybridized carbons (Fsp3) is 0.571. The van der Waals surface area contributed by atoms with Crippen LogP contribution in [0.3, 0.4) is 0 Å². The Morgan fingerprint density at radius 2 is 2.11 bits per heavy atom. The second-order valence-electron chi connectivity index (χ2n) is 5.57. The van der Waals surface area contributed by atoms with Gasteiger partial charge < -0.3 is 5.32 Å². The molecule has 1 aromatic rings. The zero-order valence-electron chi connectivity index (χ0n) is 11.5. The van der Waals surface area contributed by atoms with Crippen molar-refractivity contribution in [2.24, 2.45) is 10.6 Å². The molecular weight excluding hydrogens is 260 g/mol. The highest BCUT2D eigenvalue weighted by molar-refractivity contribution is 7.89. The molecule has 0 bridgehead atoms. The Hall–Kier alpha value is -0.910. The summed E-state index contributed by atoms with van der Waals surface area (Å²) in [5.74, 6) is 0. The summed E-state index contributed by atoms with van der Waals surface area (Å²) in [6.45, 7) is 5.26. The number of primary sulfonamides is 1. The Kier molecular flexibility index (Phi) is 3.99. The molecule has 106 valence electrons. The zero-order chi connectivity index (χ0) is 14.1. The molecule has 19 heavy (non-hydrogen) atoms. The predicted molar refractivity (Wildman–Crippen MR) is 76.2 cm³/mol. The van der Waals surface area contributed by atoms with Gasteiger partial charge in [-0.1, -0.05) is 19.1 Å². The van der Waals surface area contributed by atoms with Gasteiger partial charge in [0.25, 0.3) is 0 Å². The van der Waals surface area contributed by atoms with Crippen molar-refractivity contribution in [3.8, 4) is 0 Å². The van der Waals surface area contributed by atoms with Crippen LogP contribution in [0, 0.1) is 5.41 Å². The van der Waals surface area contributed by atoms with Gasteiger partial charge in [-0.05, 0) is 49.3 Å². The van der Waals surface area contributed by atoms with E-state index in [1.54, 1.807) is 12.1 Å². The standard InChI is InChI=1S/C14H22N2O2S/c1-3-14(7-8-14)10-16-11(2)12-5-4-6-13(9-12)19(15,17)18/h4-6,9,11,16H,3,7-8,10H2,1-2H3,(H2,15,17,18). The van der Waals surface area contributed by atoms with E-state index in [0.29, 0.717) is 5.41 Å². The first-order valence-corrected chi connectivity index (χ1v) is 8.27. The van der Waals surface area contributed by atoms with Crippen molar-refractivity contribution in [2.45, 2.75) is 44.0 Å². The van der Waals surface area contributed by atoms with Crippen molar-refractivity contribution in [2.75, 3.05) is 6.54 Å². The molecule has 1 aliphatic rings. The number of hydrogen-bond donors (Lipinski definition) is 2. The number of rotatable bonds is 6. The predicted octanol–water partition coefficient (Wildman–Crippen LogP) is 2.17. The number of nitrogens with two attached hydrogens (primary N) is 1. The first-order chi connectivity index (χ1) is 8.86. The summed E-state index contributed by atoms with van der Waals surface area (Å²) in [6, 6.07) is 6.97. The minimum absolute atomic E-state index is 0.130. The Balaban J connectivity index is 2.05. The third kappa shape index (κ3) is 3.55. The maximum Gasteiger partial charge on any atom is 0.238 e. The van der Waals surface area contributed by atoms with Crippen LogP contribution in [0.25, 0.3) is 0 Å². The molecule has 0 radical (unpaired) electrons. The van der Waals surface area contributed by atoms with Gasteiger partial charge in [0, 0.05) is 12.6 Å². The van der Waals surface area contributed by atoms with Crippen LogP contribution in [-0.2, 0) is 10.0 Å². The largest absolute Gasteiger partial charge is 0.310 e. The van der Waals surface area contributed by atoms with E-state index in [1.807, 2.05) is 13.0 Å². The second-order valence-corrected chi connectivity index (χ2v) is 7.14. The molecule has 0 saturated heterocycles. The summed E-state index contributed by atoms with van der Waals surface area (Å²) < 4.78 is 22.7. The molecule has 1 atom stereocenters. The average Bonchev–Trinajstić information content (AvgIpc) is 3.16. The fourth-order valence-corrected chi connectivity index (χ4v) is 2.85. The lowest BCUT2D eigenvalue weighted by Crippen LogP contribution is -2.26.